The molecule has 1 N–H and O–H groups in total. The third kappa shape index (κ3) is 4.86. The number of nitrogens with zero attached hydrogens (tertiary/aromatic N) is 1. The van der Waals surface area contributed by atoms with Gasteiger partial charge in [-0.3, -0.25) is 4.79 Å². The first kappa shape index (κ1) is 21.5. The van der Waals surface area contributed by atoms with E-state index in [0.717, 1.165) is 21.7 Å². The molecule has 0 aliphatic carbocycles. The third-order valence-corrected chi connectivity index (χ3v) is 5.84. The van der Waals surface area contributed by atoms with Crippen LogP contribution in [0.25, 0.3) is 10.6 Å². The molecular formula is C23H24N2O4S. The minimum absolute atomic E-state index is 0.164. The van der Waals surface area contributed by atoms with Gasteiger partial charge in [0.2, 0.25) is 0 Å². The molecule has 0 aliphatic rings. The molecule has 0 bridgehead atoms. The summed E-state index contributed by atoms with van der Waals surface area (Å²) in [6.07, 6.45) is 0. The van der Waals surface area contributed by atoms with Crippen molar-refractivity contribution in [2.24, 2.45) is 0 Å². The number of aryl methyl sites for hydroxylation is 4. The van der Waals surface area contributed by atoms with Crippen LogP contribution >= 0.6 is 11.3 Å². The van der Waals surface area contributed by atoms with Crippen LogP contribution in [0.3, 0.4) is 0 Å². The number of anilines is 1. The minimum Gasteiger partial charge on any atom is -0.482 e. The van der Waals surface area contributed by atoms with Gasteiger partial charge in [0, 0.05) is 11.3 Å². The summed E-state index contributed by atoms with van der Waals surface area (Å²) >= 11 is 1.38. The second-order valence-corrected chi connectivity index (χ2v) is 8.05. The number of hydrogen-bond donors (Lipinski definition) is 1. The van der Waals surface area contributed by atoms with Gasteiger partial charge in [0.1, 0.15) is 15.6 Å². The highest BCUT2D eigenvalue weighted by atomic mass is 32.1. The summed E-state index contributed by atoms with van der Waals surface area (Å²) in [5.74, 6) is -0.125. The molecule has 0 radical (unpaired) electrons. The molecule has 2 aromatic carbocycles. The summed E-state index contributed by atoms with van der Waals surface area (Å²) in [6.45, 7) is 7.64. The Morgan fingerprint density at radius 2 is 1.80 bits per heavy atom. The number of carbonyl (C=O) groups excluding carboxylic acids is 2. The van der Waals surface area contributed by atoms with Gasteiger partial charge in [-0.2, -0.15) is 0 Å². The minimum atomic E-state index is -0.453. The number of benzene rings is 2. The molecule has 3 aromatic rings. The maximum Gasteiger partial charge on any atom is 0.343 e. The SMILES string of the molecule is COC(=O)COc1ccc(NC(=O)c2sc(-c3ccc(C)cc3C)nc2C)c(C)c1. The summed E-state index contributed by atoms with van der Waals surface area (Å²) in [7, 11) is 1.31. The summed E-state index contributed by atoms with van der Waals surface area (Å²) in [5.41, 5.74) is 5.55. The van der Waals surface area contributed by atoms with Crippen molar-refractivity contribution in [3.63, 3.8) is 0 Å². The number of amides is 1. The fourth-order valence-electron chi connectivity index (χ4n) is 3.02. The monoisotopic (exact) mass is 424 g/mol. The maximum absolute atomic E-state index is 12.9. The van der Waals surface area contributed by atoms with Crippen LogP contribution in [0, 0.1) is 27.7 Å². The number of hydrogen-bond acceptors (Lipinski definition) is 6. The Balaban J connectivity index is 1.76. The number of esters is 1. The first-order valence-corrected chi connectivity index (χ1v) is 10.3. The van der Waals surface area contributed by atoms with Crippen molar-refractivity contribution in [3.05, 3.63) is 63.7 Å². The average molecular weight is 425 g/mol. The topological polar surface area (TPSA) is 77.5 Å². The third-order valence-electron chi connectivity index (χ3n) is 4.65. The van der Waals surface area contributed by atoms with Crippen molar-refractivity contribution in [2.45, 2.75) is 27.7 Å². The van der Waals surface area contributed by atoms with Crippen molar-refractivity contribution in [2.75, 3.05) is 19.0 Å². The molecule has 7 heteroatoms. The van der Waals surface area contributed by atoms with E-state index in [1.807, 2.05) is 32.9 Å². The number of ether oxygens (including phenoxy) is 2. The molecule has 0 atom stereocenters. The smallest absolute Gasteiger partial charge is 0.343 e. The van der Waals surface area contributed by atoms with Crippen molar-refractivity contribution in [3.8, 4) is 16.3 Å². The lowest BCUT2D eigenvalue weighted by molar-refractivity contribution is -0.142. The summed E-state index contributed by atoms with van der Waals surface area (Å²) in [6, 6.07) is 11.4. The predicted molar refractivity (Wildman–Crippen MR) is 118 cm³/mol. The largest absolute Gasteiger partial charge is 0.482 e. The first-order chi connectivity index (χ1) is 14.3. The van der Waals surface area contributed by atoms with Gasteiger partial charge in [-0.15, -0.1) is 11.3 Å². The molecule has 0 aliphatic heterocycles. The van der Waals surface area contributed by atoms with E-state index in [0.29, 0.717) is 22.0 Å². The molecule has 1 aromatic heterocycles. The Bertz CT molecular complexity index is 1100. The van der Waals surface area contributed by atoms with Crippen molar-refractivity contribution < 1.29 is 19.1 Å². The van der Waals surface area contributed by atoms with Crippen molar-refractivity contribution in [1.82, 2.24) is 4.98 Å². The van der Waals surface area contributed by atoms with Crippen LogP contribution in [-0.2, 0) is 9.53 Å². The highest BCUT2D eigenvalue weighted by Gasteiger charge is 2.18. The van der Waals surface area contributed by atoms with Gasteiger partial charge in [0.15, 0.2) is 6.61 Å². The van der Waals surface area contributed by atoms with E-state index in [2.05, 4.69) is 28.0 Å². The fraction of sp³-hybridized carbons (Fsp3) is 0.261. The van der Waals surface area contributed by atoms with Crippen LogP contribution in [0.2, 0.25) is 0 Å². The molecular weight excluding hydrogens is 400 g/mol. The molecule has 0 saturated carbocycles. The van der Waals surface area contributed by atoms with E-state index in [1.54, 1.807) is 18.2 Å². The van der Waals surface area contributed by atoms with Crippen molar-refractivity contribution in [1.29, 1.82) is 0 Å². The lowest BCUT2D eigenvalue weighted by atomic mass is 10.1. The Hall–Kier alpha value is -3.19. The van der Waals surface area contributed by atoms with E-state index in [1.165, 1.54) is 24.0 Å². The Morgan fingerprint density at radius 3 is 2.47 bits per heavy atom. The quantitative estimate of drug-likeness (QED) is 0.573. The van der Waals surface area contributed by atoms with Gasteiger partial charge < -0.3 is 14.8 Å². The first-order valence-electron chi connectivity index (χ1n) is 9.45. The highest BCUT2D eigenvalue weighted by molar-refractivity contribution is 7.17. The fourth-order valence-corrected chi connectivity index (χ4v) is 4.07. The Kier molecular flexibility index (Phi) is 6.52. The molecule has 0 fully saturated rings. The molecule has 0 spiro atoms. The van der Waals surface area contributed by atoms with Gasteiger partial charge in [0.25, 0.3) is 5.91 Å². The van der Waals surface area contributed by atoms with E-state index in [4.69, 9.17) is 4.74 Å². The summed E-state index contributed by atoms with van der Waals surface area (Å²) in [4.78, 5) is 29.3. The number of carbonyl (C=O) groups is 2. The van der Waals surface area contributed by atoms with Crippen molar-refractivity contribution >= 4 is 28.9 Å². The van der Waals surface area contributed by atoms with E-state index in [-0.39, 0.29) is 12.5 Å². The maximum atomic E-state index is 12.9. The van der Waals surface area contributed by atoms with Gasteiger partial charge in [0.05, 0.1) is 12.8 Å². The normalized spacial score (nSPS) is 10.6. The number of nitrogens with one attached hydrogen (secondary N) is 1. The second-order valence-electron chi connectivity index (χ2n) is 7.05. The van der Waals surface area contributed by atoms with Crippen LogP contribution in [0.4, 0.5) is 5.69 Å². The summed E-state index contributed by atoms with van der Waals surface area (Å²) in [5, 5.41) is 3.78. The number of rotatable bonds is 6. The molecule has 1 amide bonds. The van der Waals surface area contributed by atoms with Crippen LogP contribution < -0.4 is 10.1 Å². The Morgan fingerprint density at radius 1 is 1.03 bits per heavy atom. The van der Waals surface area contributed by atoms with Crippen LogP contribution in [-0.4, -0.2) is 30.6 Å². The molecule has 156 valence electrons. The van der Waals surface area contributed by atoms with Crippen LogP contribution in [0.1, 0.15) is 32.1 Å². The number of aromatic nitrogens is 1. The standard InChI is InChI=1S/C23H24N2O4S/c1-13-6-8-18(14(2)10-13)23-24-16(4)21(30-23)22(27)25-19-9-7-17(11-15(19)3)29-12-20(26)28-5/h6-11H,12H2,1-5H3,(H,25,27). The zero-order valence-corrected chi connectivity index (χ0v) is 18.5. The Labute approximate surface area is 179 Å². The van der Waals surface area contributed by atoms with Gasteiger partial charge in [-0.25, -0.2) is 9.78 Å². The molecule has 3 rings (SSSR count). The average Bonchev–Trinajstić information content (AvgIpc) is 3.09. The second kappa shape index (κ2) is 9.09. The molecule has 30 heavy (non-hydrogen) atoms. The van der Waals surface area contributed by atoms with Crippen LogP contribution in [0.5, 0.6) is 5.75 Å². The molecule has 0 unspecified atom stereocenters. The lowest BCUT2D eigenvalue weighted by Gasteiger charge is -2.10. The van der Waals surface area contributed by atoms with Gasteiger partial charge in [-0.1, -0.05) is 23.8 Å². The number of thiazole rings is 1. The van der Waals surface area contributed by atoms with E-state index < -0.39 is 5.97 Å². The predicted octanol–water partition coefficient (Wildman–Crippen LogP) is 4.85. The zero-order chi connectivity index (χ0) is 21.8. The van der Waals surface area contributed by atoms with E-state index >= 15 is 0 Å². The molecule has 0 saturated heterocycles. The lowest BCUT2D eigenvalue weighted by Crippen LogP contribution is -2.14. The zero-order valence-electron chi connectivity index (χ0n) is 17.7. The van der Waals surface area contributed by atoms with Crippen LogP contribution in [0.15, 0.2) is 36.4 Å². The van der Waals surface area contributed by atoms with Gasteiger partial charge in [-0.05, 0) is 57.0 Å². The number of methoxy groups -OCH3 is 1. The van der Waals surface area contributed by atoms with E-state index in [9.17, 15) is 9.59 Å². The molecule has 1 heterocycles. The molecule has 6 nitrogen and oxygen atoms in total. The summed E-state index contributed by atoms with van der Waals surface area (Å²) < 4.78 is 9.94. The van der Waals surface area contributed by atoms with Gasteiger partial charge >= 0.3 is 5.97 Å². The highest BCUT2D eigenvalue weighted by Crippen LogP contribution is 2.31.